The van der Waals surface area contributed by atoms with Crippen LogP contribution in [0.15, 0.2) is 48.9 Å². The monoisotopic (exact) mass is 316 g/mol. The second-order valence-corrected chi connectivity index (χ2v) is 6.92. The Morgan fingerprint density at radius 3 is 2.38 bits per heavy atom. The quantitative estimate of drug-likeness (QED) is 0.707. The van der Waals surface area contributed by atoms with Crippen LogP contribution in [0.2, 0.25) is 0 Å². The molecule has 1 aromatic carbocycles. The summed E-state index contributed by atoms with van der Waals surface area (Å²) in [7, 11) is 1.97. The molecule has 0 aliphatic heterocycles. The van der Waals surface area contributed by atoms with Crippen molar-refractivity contribution >= 4 is 0 Å². The van der Waals surface area contributed by atoms with Gasteiger partial charge in [0.05, 0.1) is 29.3 Å². The molecule has 4 heteroatoms. The van der Waals surface area contributed by atoms with Gasteiger partial charge in [0.2, 0.25) is 0 Å². The number of hydrogen-bond acceptors (Lipinski definition) is 3. The number of aryl methyl sites for hydroxylation is 1. The highest BCUT2D eigenvalue weighted by Gasteiger charge is 2.17. The van der Waals surface area contributed by atoms with E-state index in [2.05, 4.69) is 61.1 Å². The number of aromatic nitrogens is 3. The Kier molecular flexibility index (Phi) is 3.94. The highest BCUT2D eigenvalue weighted by molar-refractivity contribution is 5.77. The molecule has 0 saturated carbocycles. The standard InChI is InChI=1S/C20H20N4/c1-20(2,3)16-7-5-15(6-8-16)19-18(23-13-24(19)4)17-11-14(12-21)9-10-22-17/h5-11,13H,1-4H3. The van der Waals surface area contributed by atoms with Gasteiger partial charge >= 0.3 is 0 Å². The van der Waals surface area contributed by atoms with Crippen molar-refractivity contribution in [2.24, 2.45) is 7.05 Å². The van der Waals surface area contributed by atoms with E-state index < -0.39 is 0 Å². The van der Waals surface area contributed by atoms with Crippen LogP contribution in [-0.4, -0.2) is 14.5 Å². The molecule has 0 bridgehead atoms. The number of nitriles is 1. The zero-order chi connectivity index (χ0) is 17.3. The third kappa shape index (κ3) is 2.93. The van der Waals surface area contributed by atoms with E-state index in [-0.39, 0.29) is 5.41 Å². The normalized spacial score (nSPS) is 11.3. The van der Waals surface area contributed by atoms with Crippen LogP contribution < -0.4 is 0 Å². The topological polar surface area (TPSA) is 54.5 Å². The highest BCUT2D eigenvalue weighted by atomic mass is 15.0. The molecule has 4 nitrogen and oxygen atoms in total. The van der Waals surface area contributed by atoms with Crippen LogP contribution in [0.25, 0.3) is 22.6 Å². The molecule has 0 N–H and O–H groups in total. The van der Waals surface area contributed by atoms with Gasteiger partial charge in [-0.1, -0.05) is 45.0 Å². The minimum Gasteiger partial charge on any atom is -0.333 e. The fourth-order valence-electron chi connectivity index (χ4n) is 2.72. The predicted octanol–water partition coefficient (Wildman–Crippen LogP) is 4.32. The summed E-state index contributed by atoms with van der Waals surface area (Å²) in [5.74, 6) is 0. The van der Waals surface area contributed by atoms with Gasteiger partial charge in [-0.25, -0.2) is 4.98 Å². The van der Waals surface area contributed by atoms with Crippen molar-refractivity contribution in [2.75, 3.05) is 0 Å². The molecule has 0 saturated heterocycles. The minimum absolute atomic E-state index is 0.122. The maximum Gasteiger partial charge on any atom is 0.115 e. The van der Waals surface area contributed by atoms with Gasteiger partial charge in [0.25, 0.3) is 0 Å². The Morgan fingerprint density at radius 2 is 1.75 bits per heavy atom. The molecule has 120 valence electrons. The zero-order valence-corrected chi connectivity index (χ0v) is 14.4. The van der Waals surface area contributed by atoms with Gasteiger partial charge in [0, 0.05) is 18.8 Å². The van der Waals surface area contributed by atoms with Gasteiger partial charge < -0.3 is 4.57 Å². The van der Waals surface area contributed by atoms with Crippen molar-refractivity contribution in [1.82, 2.24) is 14.5 Å². The first kappa shape index (κ1) is 15.9. The lowest BCUT2D eigenvalue weighted by atomic mass is 9.86. The second-order valence-electron chi connectivity index (χ2n) is 6.92. The summed E-state index contributed by atoms with van der Waals surface area (Å²) in [4.78, 5) is 8.89. The molecule has 0 aliphatic rings. The Bertz CT molecular complexity index is 906. The van der Waals surface area contributed by atoms with Crippen LogP contribution in [0.1, 0.15) is 31.9 Å². The summed E-state index contributed by atoms with van der Waals surface area (Å²) in [5, 5.41) is 9.10. The average molecular weight is 316 g/mol. The van der Waals surface area contributed by atoms with Crippen LogP contribution in [0.4, 0.5) is 0 Å². The Hall–Kier alpha value is -2.93. The summed E-state index contributed by atoms with van der Waals surface area (Å²) in [6, 6.07) is 14.2. The summed E-state index contributed by atoms with van der Waals surface area (Å²) >= 11 is 0. The molecular weight excluding hydrogens is 296 g/mol. The van der Waals surface area contributed by atoms with E-state index in [0.717, 1.165) is 17.0 Å². The molecular formula is C20H20N4. The van der Waals surface area contributed by atoms with E-state index >= 15 is 0 Å². The first-order valence-corrected chi connectivity index (χ1v) is 7.89. The number of imidazole rings is 1. The van der Waals surface area contributed by atoms with Gasteiger partial charge in [0.15, 0.2) is 0 Å². The van der Waals surface area contributed by atoms with Crippen molar-refractivity contribution in [3.63, 3.8) is 0 Å². The molecule has 3 rings (SSSR count). The molecule has 0 spiro atoms. The molecule has 3 aromatic rings. The molecule has 24 heavy (non-hydrogen) atoms. The minimum atomic E-state index is 0.122. The van der Waals surface area contributed by atoms with Crippen LogP contribution in [-0.2, 0) is 12.5 Å². The average Bonchev–Trinajstić information content (AvgIpc) is 2.96. The summed E-state index contributed by atoms with van der Waals surface area (Å²) in [6.07, 6.45) is 3.43. The van der Waals surface area contributed by atoms with Gasteiger partial charge in [-0.2, -0.15) is 5.26 Å². The summed E-state index contributed by atoms with van der Waals surface area (Å²) in [5.41, 5.74) is 5.58. The first-order chi connectivity index (χ1) is 11.4. The molecule has 0 unspecified atom stereocenters. The van der Waals surface area contributed by atoms with Crippen molar-refractivity contribution < 1.29 is 0 Å². The first-order valence-electron chi connectivity index (χ1n) is 7.89. The smallest absolute Gasteiger partial charge is 0.115 e. The molecule has 0 radical (unpaired) electrons. The SMILES string of the molecule is Cn1cnc(-c2cc(C#N)ccn2)c1-c1ccc(C(C)(C)C)cc1. The summed E-state index contributed by atoms with van der Waals surface area (Å²) < 4.78 is 1.99. The molecule has 2 aromatic heterocycles. The Balaban J connectivity index is 2.09. The number of nitrogens with zero attached hydrogens (tertiary/aromatic N) is 4. The Labute approximate surface area is 142 Å². The van der Waals surface area contributed by atoms with Crippen molar-refractivity contribution in [2.45, 2.75) is 26.2 Å². The lowest BCUT2D eigenvalue weighted by Gasteiger charge is -2.19. The fourth-order valence-corrected chi connectivity index (χ4v) is 2.72. The molecule has 0 fully saturated rings. The Morgan fingerprint density at radius 1 is 1.04 bits per heavy atom. The van der Waals surface area contributed by atoms with E-state index in [9.17, 15) is 0 Å². The van der Waals surface area contributed by atoms with Crippen molar-refractivity contribution in [1.29, 1.82) is 5.26 Å². The lowest BCUT2D eigenvalue weighted by Crippen LogP contribution is -2.10. The number of rotatable bonds is 2. The third-order valence-corrected chi connectivity index (χ3v) is 4.09. The van der Waals surface area contributed by atoms with Gasteiger partial charge in [-0.3, -0.25) is 4.98 Å². The molecule has 2 heterocycles. The molecule has 0 amide bonds. The molecule has 0 aliphatic carbocycles. The van der Waals surface area contributed by atoms with E-state index in [1.165, 1.54) is 5.56 Å². The fraction of sp³-hybridized carbons (Fsp3) is 0.250. The second kappa shape index (κ2) is 5.93. The largest absolute Gasteiger partial charge is 0.333 e. The van der Waals surface area contributed by atoms with Crippen LogP contribution in [0.5, 0.6) is 0 Å². The van der Waals surface area contributed by atoms with Crippen molar-refractivity contribution in [3.05, 3.63) is 60.0 Å². The number of benzene rings is 1. The van der Waals surface area contributed by atoms with Crippen LogP contribution in [0.3, 0.4) is 0 Å². The molecule has 0 atom stereocenters. The maximum absolute atomic E-state index is 9.10. The predicted molar refractivity (Wildman–Crippen MR) is 95.3 cm³/mol. The highest BCUT2D eigenvalue weighted by Crippen LogP contribution is 2.31. The number of hydrogen-bond donors (Lipinski definition) is 0. The van der Waals surface area contributed by atoms with Gasteiger partial charge in [-0.05, 0) is 23.1 Å². The van der Waals surface area contributed by atoms with E-state index in [0.29, 0.717) is 11.3 Å². The van der Waals surface area contributed by atoms with Gasteiger partial charge in [0.1, 0.15) is 5.69 Å². The van der Waals surface area contributed by atoms with E-state index in [1.807, 2.05) is 11.6 Å². The number of pyridine rings is 1. The third-order valence-electron chi connectivity index (χ3n) is 4.09. The van der Waals surface area contributed by atoms with Gasteiger partial charge in [-0.15, -0.1) is 0 Å². The van der Waals surface area contributed by atoms with Crippen LogP contribution >= 0.6 is 0 Å². The zero-order valence-electron chi connectivity index (χ0n) is 14.4. The van der Waals surface area contributed by atoms with Crippen molar-refractivity contribution in [3.8, 4) is 28.7 Å². The van der Waals surface area contributed by atoms with Crippen LogP contribution in [0, 0.1) is 11.3 Å². The summed E-state index contributed by atoms with van der Waals surface area (Å²) in [6.45, 7) is 6.61. The maximum atomic E-state index is 9.10. The van der Waals surface area contributed by atoms with E-state index in [4.69, 9.17) is 5.26 Å². The van der Waals surface area contributed by atoms with E-state index in [1.54, 1.807) is 24.7 Å². The lowest BCUT2D eigenvalue weighted by molar-refractivity contribution is 0.590.